The van der Waals surface area contributed by atoms with E-state index in [9.17, 15) is 0 Å². The van der Waals surface area contributed by atoms with E-state index in [0.29, 0.717) is 18.3 Å². The molecule has 0 saturated heterocycles. The van der Waals surface area contributed by atoms with Crippen molar-refractivity contribution in [2.45, 2.75) is 39.2 Å². The highest BCUT2D eigenvalue weighted by Gasteiger charge is 2.05. The Bertz CT molecular complexity index is 663. The lowest BCUT2D eigenvalue weighted by Crippen LogP contribution is -2.38. The van der Waals surface area contributed by atoms with Crippen LogP contribution in [-0.4, -0.2) is 42.8 Å². The third-order valence-corrected chi connectivity index (χ3v) is 3.90. The molecule has 0 fully saturated rings. The lowest BCUT2D eigenvalue weighted by atomic mass is 10.1. The van der Waals surface area contributed by atoms with E-state index in [-0.39, 0.29) is 30.1 Å². The van der Waals surface area contributed by atoms with Gasteiger partial charge >= 0.3 is 0 Å². The molecule has 0 aliphatic heterocycles. The predicted octanol–water partition coefficient (Wildman–Crippen LogP) is 3.26. The van der Waals surface area contributed by atoms with Crippen LogP contribution in [0.3, 0.4) is 0 Å². The second-order valence-electron chi connectivity index (χ2n) is 6.04. The highest BCUT2D eigenvalue weighted by Crippen LogP contribution is 2.15. The Labute approximate surface area is 178 Å². The van der Waals surface area contributed by atoms with Crippen molar-refractivity contribution >= 4 is 29.9 Å². The molecule has 150 valence electrons. The fraction of sp³-hybridized carbons (Fsp3) is 0.526. The number of rotatable bonds is 10. The van der Waals surface area contributed by atoms with Gasteiger partial charge in [0.25, 0.3) is 0 Å². The molecule has 1 aromatic carbocycles. The third kappa shape index (κ3) is 9.18. The second-order valence-corrected chi connectivity index (χ2v) is 6.04. The minimum Gasteiger partial charge on any atom is -0.374 e. The number of nitrogens with one attached hydrogen (secondary N) is 2. The SMILES string of the molecule is CN=C(NCCCOC(C)c1ccccc1)NCCCc1nc(C)no1.I. The summed E-state index contributed by atoms with van der Waals surface area (Å²) in [6.07, 6.45) is 2.69. The Morgan fingerprint density at radius 2 is 1.89 bits per heavy atom. The van der Waals surface area contributed by atoms with Crippen LogP contribution in [0.2, 0.25) is 0 Å². The summed E-state index contributed by atoms with van der Waals surface area (Å²) in [5, 5.41) is 10.4. The van der Waals surface area contributed by atoms with Gasteiger partial charge in [0.05, 0.1) is 6.10 Å². The molecular formula is C19H30IN5O2. The van der Waals surface area contributed by atoms with Gasteiger partial charge in [0.2, 0.25) is 5.89 Å². The van der Waals surface area contributed by atoms with Crippen LogP contribution in [0.5, 0.6) is 0 Å². The van der Waals surface area contributed by atoms with Gasteiger partial charge in [-0.2, -0.15) is 4.98 Å². The van der Waals surface area contributed by atoms with Gasteiger partial charge < -0.3 is 19.9 Å². The summed E-state index contributed by atoms with van der Waals surface area (Å²) in [4.78, 5) is 8.41. The fourth-order valence-corrected chi connectivity index (χ4v) is 2.47. The summed E-state index contributed by atoms with van der Waals surface area (Å²) >= 11 is 0. The van der Waals surface area contributed by atoms with Gasteiger partial charge in [0.15, 0.2) is 11.8 Å². The molecule has 1 atom stereocenters. The topological polar surface area (TPSA) is 84.6 Å². The minimum absolute atomic E-state index is 0. The first-order valence-electron chi connectivity index (χ1n) is 9.09. The van der Waals surface area contributed by atoms with Crippen LogP contribution in [0, 0.1) is 6.92 Å². The quantitative estimate of drug-likeness (QED) is 0.232. The molecule has 0 amide bonds. The first-order chi connectivity index (χ1) is 12.7. The van der Waals surface area contributed by atoms with Gasteiger partial charge in [-0.05, 0) is 32.3 Å². The van der Waals surface area contributed by atoms with Crippen molar-refractivity contribution in [1.29, 1.82) is 0 Å². The van der Waals surface area contributed by atoms with Gasteiger partial charge in [-0.1, -0.05) is 35.5 Å². The number of hydrogen-bond donors (Lipinski definition) is 2. The Morgan fingerprint density at radius 1 is 1.19 bits per heavy atom. The van der Waals surface area contributed by atoms with Crippen molar-refractivity contribution in [3.05, 3.63) is 47.6 Å². The van der Waals surface area contributed by atoms with Crippen molar-refractivity contribution in [2.75, 3.05) is 26.7 Å². The lowest BCUT2D eigenvalue weighted by Gasteiger charge is -2.14. The van der Waals surface area contributed by atoms with E-state index >= 15 is 0 Å². The lowest BCUT2D eigenvalue weighted by molar-refractivity contribution is 0.0646. The van der Waals surface area contributed by atoms with Crippen LogP contribution >= 0.6 is 24.0 Å². The van der Waals surface area contributed by atoms with E-state index in [2.05, 4.69) is 44.8 Å². The van der Waals surface area contributed by atoms with Crippen molar-refractivity contribution < 1.29 is 9.26 Å². The summed E-state index contributed by atoms with van der Waals surface area (Å²) < 4.78 is 11.0. The largest absolute Gasteiger partial charge is 0.374 e. The highest BCUT2D eigenvalue weighted by molar-refractivity contribution is 14.0. The van der Waals surface area contributed by atoms with Crippen molar-refractivity contribution in [3.63, 3.8) is 0 Å². The number of ether oxygens (including phenoxy) is 1. The molecule has 2 rings (SSSR count). The van der Waals surface area contributed by atoms with Crippen molar-refractivity contribution in [3.8, 4) is 0 Å². The summed E-state index contributed by atoms with van der Waals surface area (Å²) in [6, 6.07) is 10.3. The second kappa shape index (κ2) is 13.5. The molecule has 2 N–H and O–H groups in total. The predicted molar refractivity (Wildman–Crippen MR) is 118 cm³/mol. The van der Waals surface area contributed by atoms with Crippen LogP contribution in [0.25, 0.3) is 0 Å². The van der Waals surface area contributed by atoms with E-state index in [1.165, 1.54) is 5.56 Å². The van der Waals surface area contributed by atoms with Crippen LogP contribution in [0.1, 0.15) is 43.1 Å². The zero-order valence-corrected chi connectivity index (χ0v) is 18.6. The van der Waals surface area contributed by atoms with E-state index in [0.717, 1.165) is 38.3 Å². The van der Waals surface area contributed by atoms with Crippen LogP contribution in [0.15, 0.2) is 39.8 Å². The molecule has 0 aliphatic carbocycles. The maximum absolute atomic E-state index is 5.87. The molecule has 0 saturated carbocycles. The van der Waals surface area contributed by atoms with Crippen molar-refractivity contribution in [2.24, 2.45) is 4.99 Å². The van der Waals surface area contributed by atoms with Crippen LogP contribution in [-0.2, 0) is 11.2 Å². The number of benzene rings is 1. The maximum Gasteiger partial charge on any atom is 0.226 e. The molecule has 0 radical (unpaired) electrons. The van der Waals surface area contributed by atoms with E-state index in [1.54, 1.807) is 7.05 Å². The average Bonchev–Trinajstić information content (AvgIpc) is 3.08. The van der Waals surface area contributed by atoms with Crippen LogP contribution < -0.4 is 10.6 Å². The molecule has 1 unspecified atom stereocenters. The van der Waals surface area contributed by atoms with E-state index < -0.39 is 0 Å². The number of aromatic nitrogens is 2. The molecule has 27 heavy (non-hydrogen) atoms. The van der Waals surface area contributed by atoms with Gasteiger partial charge in [-0.15, -0.1) is 24.0 Å². The third-order valence-electron chi connectivity index (χ3n) is 3.90. The molecule has 2 aromatic rings. The molecule has 0 spiro atoms. The van der Waals surface area contributed by atoms with Gasteiger partial charge in [-0.3, -0.25) is 4.99 Å². The molecule has 7 nitrogen and oxygen atoms in total. The van der Waals surface area contributed by atoms with Gasteiger partial charge in [0.1, 0.15) is 0 Å². The Morgan fingerprint density at radius 3 is 2.52 bits per heavy atom. The zero-order chi connectivity index (χ0) is 18.6. The van der Waals surface area contributed by atoms with E-state index in [4.69, 9.17) is 9.26 Å². The summed E-state index contributed by atoms with van der Waals surface area (Å²) in [7, 11) is 1.77. The molecule has 1 heterocycles. The normalized spacial score (nSPS) is 12.3. The van der Waals surface area contributed by atoms with Gasteiger partial charge in [0, 0.05) is 33.2 Å². The standard InChI is InChI=1S/C19H29N5O2.HI/c1-15(17-9-5-4-6-10-17)25-14-8-13-22-19(20-3)21-12-7-11-18-23-16(2)24-26-18;/h4-6,9-10,15H,7-8,11-14H2,1-3H3,(H2,20,21,22);1H. The number of guanidine groups is 1. The highest BCUT2D eigenvalue weighted by atomic mass is 127. The Balaban J connectivity index is 0.00000364. The zero-order valence-electron chi connectivity index (χ0n) is 16.3. The molecule has 1 aromatic heterocycles. The summed E-state index contributed by atoms with van der Waals surface area (Å²) in [5.41, 5.74) is 1.20. The number of aryl methyl sites for hydroxylation is 2. The number of halogens is 1. The fourth-order valence-electron chi connectivity index (χ4n) is 2.47. The maximum atomic E-state index is 5.87. The monoisotopic (exact) mass is 487 g/mol. The molecule has 0 aliphatic rings. The molecule has 8 heteroatoms. The van der Waals surface area contributed by atoms with Gasteiger partial charge in [-0.25, -0.2) is 0 Å². The number of nitrogens with zero attached hydrogens (tertiary/aromatic N) is 3. The molecule has 0 bridgehead atoms. The molecular weight excluding hydrogens is 457 g/mol. The number of hydrogen-bond acceptors (Lipinski definition) is 5. The summed E-state index contributed by atoms with van der Waals surface area (Å²) in [5.74, 6) is 2.15. The Kier molecular flexibility index (Phi) is 11.7. The average molecular weight is 487 g/mol. The Hall–Kier alpha value is -1.68. The van der Waals surface area contributed by atoms with E-state index in [1.807, 2.05) is 25.1 Å². The number of aliphatic imine (C=N–C) groups is 1. The minimum atomic E-state index is 0. The first kappa shape index (κ1) is 23.4. The summed E-state index contributed by atoms with van der Waals surface area (Å²) in [6.45, 7) is 6.21. The van der Waals surface area contributed by atoms with Crippen LogP contribution in [0.4, 0.5) is 0 Å². The smallest absolute Gasteiger partial charge is 0.226 e. The first-order valence-corrected chi connectivity index (χ1v) is 9.09. The van der Waals surface area contributed by atoms with Crippen molar-refractivity contribution in [1.82, 2.24) is 20.8 Å².